The molecule has 1 aromatic carbocycles. The minimum atomic E-state index is -0.0797. The van der Waals surface area contributed by atoms with Gasteiger partial charge in [0.2, 0.25) is 4.93 Å². The van der Waals surface area contributed by atoms with Crippen molar-refractivity contribution in [2.75, 3.05) is 13.2 Å². The van der Waals surface area contributed by atoms with E-state index in [4.69, 9.17) is 9.47 Å². The molecule has 0 aliphatic carbocycles. The molecule has 0 aromatic heterocycles. The molecule has 2 nitrogen and oxygen atoms in total. The number of rotatable bonds is 0. The lowest BCUT2D eigenvalue weighted by Crippen LogP contribution is -2.49. The van der Waals surface area contributed by atoms with Crippen molar-refractivity contribution < 1.29 is 9.47 Å². The third-order valence-corrected chi connectivity index (χ3v) is 3.33. The summed E-state index contributed by atoms with van der Waals surface area (Å²) < 4.78 is 10.9. The Morgan fingerprint density at radius 2 is 2.08 bits per heavy atom. The van der Waals surface area contributed by atoms with Gasteiger partial charge in [-0.2, -0.15) is 0 Å². The van der Waals surface area contributed by atoms with Crippen LogP contribution in [0.25, 0.3) is 0 Å². The highest BCUT2D eigenvalue weighted by Crippen LogP contribution is 2.50. The van der Waals surface area contributed by atoms with Crippen molar-refractivity contribution in [2.24, 2.45) is 0 Å². The molecule has 0 radical (unpaired) electrons. The van der Waals surface area contributed by atoms with Crippen molar-refractivity contribution in [3.05, 3.63) is 24.3 Å². The molecular formula is C9H8O2S. The Bertz CT molecular complexity index is 293. The van der Waals surface area contributed by atoms with Crippen molar-refractivity contribution in [1.29, 1.82) is 0 Å². The highest BCUT2D eigenvalue weighted by molar-refractivity contribution is 8.01. The molecule has 0 N–H and O–H groups in total. The topological polar surface area (TPSA) is 18.5 Å². The molecule has 0 amide bonds. The Morgan fingerprint density at radius 1 is 1.25 bits per heavy atom. The molecule has 0 unspecified atom stereocenters. The van der Waals surface area contributed by atoms with E-state index in [0.717, 1.165) is 5.75 Å². The van der Waals surface area contributed by atoms with Crippen LogP contribution in [0.4, 0.5) is 0 Å². The fourth-order valence-corrected chi connectivity index (χ4v) is 2.60. The van der Waals surface area contributed by atoms with Crippen LogP contribution in [0, 0.1) is 0 Å². The average Bonchev–Trinajstić information content (AvgIpc) is 2.42. The lowest BCUT2D eigenvalue weighted by atomic mass is 10.3. The summed E-state index contributed by atoms with van der Waals surface area (Å²) in [6, 6.07) is 8.13. The van der Waals surface area contributed by atoms with Crippen molar-refractivity contribution in [2.45, 2.75) is 9.83 Å². The van der Waals surface area contributed by atoms with Crippen LogP contribution in [-0.4, -0.2) is 18.1 Å². The molecular weight excluding hydrogens is 172 g/mol. The molecule has 2 heterocycles. The van der Waals surface area contributed by atoms with E-state index in [1.54, 1.807) is 11.8 Å². The second-order valence-electron chi connectivity index (χ2n) is 3.05. The number of hydrogen-bond acceptors (Lipinski definition) is 3. The van der Waals surface area contributed by atoms with E-state index < -0.39 is 0 Å². The first-order valence-corrected chi connectivity index (χ1v) is 4.74. The third-order valence-electron chi connectivity index (χ3n) is 2.09. The van der Waals surface area contributed by atoms with Crippen LogP contribution >= 0.6 is 11.8 Å². The predicted octanol–water partition coefficient (Wildman–Crippen LogP) is 1.90. The molecule has 2 aliphatic heterocycles. The highest BCUT2D eigenvalue weighted by atomic mass is 32.2. The van der Waals surface area contributed by atoms with Gasteiger partial charge >= 0.3 is 0 Å². The molecule has 1 spiro atoms. The SMILES string of the molecule is c1ccc2c(c1)OC1(COC1)S2. The average molecular weight is 180 g/mol. The molecule has 0 saturated carbocycles. The van der Waals surface area contributed by atoms with Gasteiger partial charge in [-0.1, -0.05) is 23.9 Å². The van der Waals surface area contributed by atoms with E-state index in [0.29, 0.717) is 13.2 Å². The van der Waals surface area contributed by atoms with Crippen LogP contribution in [0.3, 0.4) is 0 Å². The fourth-order valence-electron chi connectivity index (χ4n) is 1.43. The second kappa shape index (κ2) is 2.18. The van der Waals surface area contributed by atoms with Gasteiger partial charge < -0.3 is 9.47 Å². The van der Waals surface area contributed by atoms with Gasteiger partial charge in [-0.15, -0.1) is 0 Å². The monoisotopic (exact) mass is 180 g/mol. The zero-order chi connectivity index (χ0) is 8.02. The lowest BCUT2D eigenvalue weighted by molar-refractivity contribution is -0.0997. The van der Waals surface area contributed by atoms with Crippen molar-refractivity contribution in [3.8, 4) is 5.75 Å². The maximum absolute atomic E-state index is 5.77. The third kappa shape index (κ3) is 0.807. The molecule has 1 aromatic rings. The number of benzene rings is 1. The van der Waals surface area contributed by atoms with Gasteiger partial charge in [-0.3, -0.25) is 0 Å². The van der Waals surface area contributed by atoms with Crippen molar-refractivity contribution in [3.63, 3.8) is 0 Å². The molecule has 3 rings (SSSR count). The van der Waals surface area contributed by atoms with Gasteiger partial charge in [-0.05, 0) is 12.1 Å². The number of para-hydroxylation sites is 1. The Balaban J connectivity index is 1.99. The van der Waals surface area contributed by atoms with Gasteiger partial charge in [0.1, 0.15) is 5.75 Å². The van der Waals surface area contributed by atoms with Crippen LogP contribution in [0.5, 0.6) is 5.75 Å². The first-order valence-electron chi connectivity index (χ1n) is 3.93. The van der Waals surface area contributed by atoms with Gasteiger partial charge in [0.15, 0.2) is 0 Å². The Kier molecular flexibility index (Phi) is 1.23. The minimum absolute atomic E-state index is 0.0797. The maximum atomic E-state index is 5.77. The summed E-state index contributed by atoms with van der Waals surface area (Å²) in [4.78, 5) is 1.16. The van der Waals surface area contributed by atoms with Gasteiger partial charge in [0.05, 0.1) is 18.1 Å². The van der Waals surface area contributed by atoms with Crippen molar-refractivity contribution in [1.82, 2.24) is 0 Å². The molecule has 2 aliphatic rings. The molecule has 3 heteroatoms. The molecule has 0 atom stereocenters. The minimum Gasteiger partial charge on any atom is -0.470 e. The summed E-state index contributed by atoms with van der Waals surface area (Å²) in [6.07, 6.45) is 0. The standard InChI is InChI=1S/C9H8O2S/c1-2-4-8-7(3-1)11-9(12-8)5-10-6-9/h1-4H,5-6H2. The fraction of sp³-hybridized carbons (Fsp3) is 0.333. The smallest absolute Gasteiger partial charge is 0.205 e. The summed E-state index contributed by atoms with van der Waals surface area (Å²) >= 11 is 1.78. The number of ether oxygens (including phenoxy) is 2. The van der Waals surface area contributed by atoms with Crippen LogP contribution < -0.4 is 4.74 Å². The molecule has 1 fully saturated rings. The second-order valence-corrected chi connectivity index (χ2v) is 4.44. The number of hydrogen-bond donors (Lipinski definition) is 0. The molecule has 12 heavy (non-hydrogen) atoms. The van der Waals surface area contributed by atoms with Crippen molar-refractivity contribution >= 4 is 11.8 Å². The van der Waals surface area contributed by atoms with E-state index in [1.807, 2.05) is 18.2 Å². The van der Waals surface area contributed by atoms with E-state index in [1.165, 1.54) is 4.90 Å². The lowest BCUT2D eigenvalue weighted by Gasteiger charge is -2.35. The molecule has 62 valence electrons. The van der Waals surface area contributed by atoms with E-state index in [9.17, 15) is 0 Å². The normalized spacial score (nSPS) is 23.0. The Hall–Kier alpha value is -0.670. The largest absolute Gasteiger partial charge is 0.470 e. The van der Waals surface area contributed by atoms with Gasteiger partial charge in [0, 0.05) is 0 Å². The van der Waals surface area contributed by atoms with Gasteiger partial charge in [0.25, 0.3) is 0 Å². The summed E-state index contributed by atoms with van der Waals surface area (Å²) in [7, 11) is 0. The highest BCUT2D eigenvalue weighted by Gasteiger charge is 2.47. The first-order chi connectivity index (χ1) is 5.88. The van der Waals surface area contributed by atoms with E-state index in [2.05, 4.69) is 6.07 Å². The molecule has 1 saturated heterocycles. The predicted molar refractivity (Wildman–Crippen MR) is 46.5 cm³/mol. The first kappa shape index (κ1) is 6.80. The summed E-state index contributed by atoms with van der Waals surface area (Å²) in [6.45, 7) is 1.43. The summed E-state index contributed by atoms with van der Waals surface area (Å²) in [5.41, 5.74) is 0. The Morgan fingerprint density at radius 3 is 2.75 bits per heavy atom. The zero-order valence-corrected chi connectivity index (χ0v) is 7.26. The number of thioether (sulfide) groups is 1. The van der Waals surface area contributed by atoms with Crippen LogP contribution in [0.15, 0.2) is 29.2 Å². The van der Waals surface area contributed by atoms with Crippen LogP contribution in [0.1, 0.15) is 0 Å². The Labute approximate surface area is 74.9 Å². The zero-order valence-electron chi connectivity index (χ0n) is 6.45. The maximum Gasteiger partial charge on any atom is 0.205 e. The van der Waals surface area contributed by atoms with Crippen LogP contribution in [-0.2, 0) is 4.74 Å². The van der Waals surface area contributed by atoms with Crippen LogP contribution in [0.2, 0.25) is 0 Å². The van der Waals surface area contributed by atoms with E-state index in [-0.39, 0.29) is 4.93 Å². The van der Waals surface area contributed by atoms with E-state index >= 15 is 0 Å². The summed E-state index contributed by atoms with van der Waals surface area (Å²) in [5.74, 6) is 1.01. The number of fused-ring (bicyclic) bond motifs is 1. The van der Waals surface area contributed by atoms with Gasteiger partial charge in [-0.25, -0.2) is 0 Å². The summed E-state index contributed by atoms with van der Waals surface area (Å²) in [5, 5.41) is 0. The molecule has 0 bridgehead atoms. The quantitative estimate of drug-likeness (QED) is 0.607.